The van der Waals surface area contributed by atoms with E-state index >= 15 is 0 Å². The Balaban J connectivity index is -0.000000120. The molecule has 13 heavy (non-hydrogen) atoms. The van der Waals surface area contributed by atoms with Crippen molar-refractivity contribution < 1.29 is 28.7 Å². The van der Waals surface area contributed by atoms with Crippen LogP contribution >= 0.6 is 36.4 Å². The summed E-state index contributed by atoms with van der Waals surface area (Å²) in [7, 11) is 0. The third kappa shape index (κ3) is 1970. The normalized spacial score (nSPS) is 10.5. The second-order valence-corrected chi connectivity index (χ2v) is 6.19. The maximum Gasteiger partial charge on any atom is 0.419 e. The van der Waals surface area contributed by atoms with Crippen LogP contribution in [0.25, 0.3) is 0 Å². The highest BCUT2D eigenvalue weighted by Crippen LogP contribution is 2.40. The molecule has 10 heteroatoms. The van der Waals surface area contributed by atoms with Crippen LogP contribution in [0.3, 0.4) is 0 Å². The van der Waals surface area contributed by atoms with Gasteiger partial charge in [-0.25, -0.2) is 9.13 Å². The van der Waals surface area contributed by atoms with E-state index in [9.17, 15) is 0 Å². The largest absolute Gasteiger partial charge is 0.419 e. The van der Waals surface area contributed by atoms with Crippen LogP contribution < -0.4 is 0 Å². The summed E-state index contributed by atoms with van der Waals surface area (Å²) in [5.74, 6) is 0. The third-order valence-electron chi connectivity index (χ3n) is 0. The van der Waals surface area contributed by atoms with Crippen molar-refractivity contribution in [3.8, 4) is 0 Å². The maximum absolute atomic E-state index is 9.09. The highest BCUT2D eigenvalue weighted by atomic mass is 35.7. The Morgan fingerprint density at radius 1 is 0.923 bits per heavy atom. The minimum atomic E-state index is -4.17. The lowest BCUT2D eigenvalue weighted by Gasteiger charge is -1.80. The predicted octanol–water partition coefficient (Wildman–Crippen LogP) is 2.05. The van der Waals surface area contributed by atoms with E-state index in [4.69, 9.17) is 28.7 Å². The first-order valence-electron chi connectivity index (χ1n) is 2.92. The number of hydrogen-bond acceptors (Lipinski definition) is 2. The molecule has 0 amide bonds. The standard InChI is InChI=1S/C3H8.2ClH2O3P/c1-3-2;2*1-5(2,3)4/h3H2,1-2H3;2*(H2,2,3,4). The van der Waals surface area contributed by atoms with Gasteiger partial charge in [-0.3, -0.25) is 0 Å². The fourth-order valence-corrected chi connectivity index (χ4v) is 0. The van der Waals surface area contributed by atoms with Gasteiger partial charge in [0.25, 0.3) is 0 Å². The molecule has 84 valence electrons. The van der Waals surface area contributed by atoms with Gasteiger partial charge in [0.05, 0.1) is 0 Å². The number of hydrogen-bond donors (Lipinski definition) is 4. The Morgan fingerprint density at radius 3 is 0.923 bits per heavy atom. The van der Waals surface area contributed by atoms with Crippen molar-refractivity contribution in [1.29, 1.82) is 0 Å². The monoisotopic (exact) mass is 276 g/mol. The lowest BCUT2D eigenvalue weighted by Crippen LogP contribution is -1.54. The Morgan fingerprint density at radius 2 is 0.923 bits per heavy atom. The molecule has 0 fully saturated rings. The summed E-state index contributed by atoms with van der Waals surface area (Å²) in [6, 6.07) is 0. The van der Waals surface area contributed by atoms with E-state index in [1.807, 2.05) is 0 Å². The molecule has 0 aromatic rings. The zero-order valence-corrected chi connectivity index (χ0v) is 10.3. The van der Waals surface area contributed by atoms with Gasteiger partial charge < -0.3 is 19.6 Å². The summed E-state index contributed by atoms with van der Waals surface area (Å²) < 4.78 is 18.2. The highest BCUT2D eigenvalue weighted by Gasteiger charge is 2.01. The molecule has 6 nitrogen and oxygen atoms in total. The van der Waals surface area contributed by atoms with E-state index < -0.39 is 13.9 Å². The van der Waals surface area contributed by atoms with Gasteiger partial charge in [0.15, 0.2) is 0 Å². The molecule has 0 aliphatic carbocycles. The second kappa shape index (κ2) is 9.44. The average molecular weight is 277 g/mol. The van der Waals surface area contributed by atoms with Gasteiger partial charge in [-0.1, -0.05) is 20.3 Å². The smallest absolute Gasteiger partial charge is 0.313 e. The first kappa shape index (κ1) is 19.5. The van der Waals surface area contributed by atoms with E-state index in [0.717, 1.165) is 0 Å². The highest BCUT2D eigenvalue weighted by molar-refractivity contribution is 7.80. The Hall–Kier alpha value is 0.880. The van der Waals surface area contributed by atoms with E-state index in [1.54, 1.807) is 0 Å². The van der Waals surface area contributed by atoms with Crippen LogP contribution in [0.5, 0.6) is 0 Å². The van der Waals surface area contributed by atoms with Gasteiger partial charge in [0.2, 0.25) is 0 Å². The summed E-state index contributed by atoms with van der Waals surface area (Å²) in [6.07, 6.45) is 1.25. The number of halogens is 2. The Kier molecular flexibility index (Phi) is 14.1. The van der Waals surface area contributed by atoms with Crippen molar-refractivity contribution in [3.05, 3.63) is 0 Å². The molecule has 0 saturated heterocycles. The van der Waals surface area contributed by atoms with Crippen LogP contribution in [-0.2, 0) is 9.13 Å². The molecule has 0 aliphatic heterocycles. The average Bonchev–Trinajstić information content (AvgIpc) is 1.52. The maximum atomic E-state index is 9.09. The molecule has 0 rings (SSSR count). The van der Waals surface area contributed by atoms with E-state index in [2.05, 4.69) is 36.3 Å². The molecule has 0 aromatic carbocycles. The molecule has 0 unspecified atom stereocenters. The minimum Gasteiger partial charge on any atom is -0.313 e. The molecular formula is C3H12Cl2O6P2. The van der Waals surface area contributed by atoms with Crippen LogP contribution in [0.4, 0.5) is 0 Å². The molecule has 4 N–H and O–H groups in total. The minimum absolute atomic E-state index is 1.25. The van der Waals surface area contributed by atoms with Crippen molar-refractivity contribution >= 4 is 36.4 Å². The zero-order chi connectivity index (χ0) is 11.7. The summed E-state index contributed by atoms with van der Waals surface area (Å²) in [4.78, 5) is 29.6. The molecule has 0 atom stereocenters. The van der Waals surface area contributed by atoms with Crippen molar-refractivity contribution in [3.63, 3.8) is 0 Å². The van der Waals surface area contributed by atoms with Gasteiger partial charge >= 0.3 is 13.9 Å². The summed E-state index contributed by atoms with van der Waals surface area (Å²) >= 11 is 8.39. The molecule has 0 aromatic heterocycles. The lowest BCUT2D eigenvalue weighted by atomic mass is 10.6. The van der Waals surface area contributed by atoms with Crippen LogP contribution in [0.15, 0.2) is 0 Å². The fraction of sp³-hybridized carbons (Fsp3) is 1.00. The van der Waals surface area contributed by atoms with Gasteiger partial charge in [0, 0.05) is 22.5 Å². The lowest BCUT2D eigenvalue weighted by molar-refractivity contribution is 0.393. The van der Waals surface area contributed by atoms with Crippen molar-refractivity contribution in [2.24, 2.45) is 0 Å². The van der Waals surface area contributed by atoms with Gasteiger partial charge in [-0.2, -0.15) is 0 Å². The van der Waals surface area contributed by atoms with Gasteiger partial charge in [-0.05, 0) is 0 Å². The van der Waals surface area contributed by atoms with Gasteiger partial charge in [-0.15, -0.1) is 0 Å². The molecule has 0 aliphatic rings. The van der Waals surface area contributed by atoms with E-state index in [0.29, 0.717) is 0 Å². The molecule has 0 saturated carbocycles. The van der Waals surface area contributed by atoms with Gasteiger partial charge in [0.1, 0.15) is 0 Å². The molecular weight excluding hydrogens is 265 g/mol. The summed E-state index contributed by atoms with van der Waals surface area (Å²) in [5, 5.41) is 0. The first-order chi connectivity index (χ1) is 5.41. The van der Waals surface area contributed by atoms with Crippen molar-refractivity contribution in [2.75, 3.05) is 0 Å². The number of rotatable bonds is 0. The molecule has 0 radical (unpaired) electrons. The van der Waals surface area contributed by atoms with Crippen LogP contribution in [-0.4, -0.2) is 19.6 Å². The topological polar surface area (TPSA) is 115 Å². The zero-order valence-electron chi connectivity index (χ0n) is 6.96. The van der Waals surface area contributed by atoms with Crippen LogP contribution in [0.2, 0.25) is 0 Å². The molecule has 0 heterocycles. The first-order valence-corrected chi connectivity index (χ1v) is 7.95. The Bertz CT molecular complexity index is 148. The fourth-order valence-electron chi connectivity index (χ4n) is 0. The quantitative estimate of drug-likeness (QED) is 0.504. The van der Waals surface area contributed by atoms with E-state index in [-0.39, 0.29) is 0 Å². The summed E-state index contributed by atoms with van der Waals surface area (Å²) in [6.45, 7) is -4.08. The third-order valence-corrected chi connectivity index (χ3v) is 0. The SMILES string of the molecule is CCC.O=P(O)(O)Cl.O=P(O)(O)Cl. The molecule has 0 bridgehead atoms. The van der Waals surface area contributed by atoms with E-state index in [1.165, 1.54) is 6.42 Å². The second-order valence-electron chi connectivity index (χ2n) is 1.65. The van der Waals surface area contributed by atoms with Crippen LogP contribution in [0.1, 0.15) is 20.3 Å². The van der Waals surface area contributed by atoms with Crippen LogP contribution in [0, 0.1) is 0 Å². The molecule has 0 spiro atoms. The van der Waals surface area contributed by atoms with Crippen molar-refractivity contribution in [1.82, 2.24) is 0 Å². The summed E-state index contributed by atoms with van der Waals surface area (Å²) in [5.41, 5.74) is 0. The van der Waals surface area contributed by atoms with Crippen molar-refractivity contribution in [2.45, 2.75) is 20.3 Å². The predicted molar refractivity (Wildman–Crippen MR) is 51.8 cm³/mol. The Labute approximate surface area is 85.8 Å².